The quantitative estimate of drug-likeness (QED) is 0.204. The lowest BCUT2D eigenvalue weighted by Gasteiger charge is -2.35. The van der Waals surface area contributed by atoms with Crippen molar-refractivity contribution >= 4 is 29.9 Å². The molecule has 2 N–H and O–H groups in total. The second kappa shape index (κ2) is 14.1. The zero-order valence-corrected chi connectivity index (χ0v) is 21.5. The van der Waals surface area contributed by atoms with Gasteiger partial charge in [0.05, 0.1) is 25.9 Å². The second-order valence-electron chi connectivity index (χ2n) is 7.98. The number of nitrogens with one attached hydrogen (secondary N) is 2. The molecule has 0 aromatic heterocycles. The Bertz CT molecular complexity index is 689. The van der Waals surface area contributed by atoms with Crippen LogP contribution in [0.2, 0.25) is 0 Å². The average Bonchev–Trinajstić information content (AvgIpc) is 3.22. The third-order valence-electron chi connectivity index (χ3n) is 5.62. The van der Waals surface area contributed by atoms with E-state index < -0.39 is 0 Å². The smallest absolute Gasteiger partial charge is 0.191 e. The van der Waals surface area contributed by atoms with E-state index in [4.69, 9.17) is 19.2 Å². The fraction of sp³-hybridized carbons (Fsp3) is 0.696. The maximum atomic E-state index is 6.06. The molecule has 0 spiro atoms. The Morgan fingerprint density at radius 1 is 1.26 bits per heavy atom. The number of nitrogens with zero attached hydrogens (tertiary/aromatic N) is 2. The number of morpholine rings is 1. The highest BCUT2D eigenvalue weighted by atomic mass is 127. The molecular formula is C23H39IN4O3. The van der Waals surface area contributed by atoms with Gasteiger partial charge >= 0.3 is 0 Å². The van der Waals surface area contributed by atoms with E-state index in [0.29, 0.717) is 32.4 Å². The zero-order chi connectivity index (χ0) is 21.2. The van der Waals surface area contributed by atoms with Crippen LogP contribution in [0.15, 0.2) is 23.2 Å². The minimum atomic E-state index is 0. The molecule has 2 heterocycles. The van der Waals surface area contributed by atoms with Gasteiger partial charge < -0.3 is 24.8 Å². The summed E-state index contributed by atoms with van der Waals surface area (Å²) in [7, 11) is 0. The molecule has 2 saturated heterocycles. The van der Waals surface area contributed by atoms with Crippen LogP contribution in [-0.2, 0) is 16.0 Å². The number of aliphatic imine (C=N–C) groups is 1. The first-order valence-corrected chi connectivity index (χ1v) is 11.4. The number of ether oxygens (including phenoxy) is 3. The first-order chi connectivity index (χ1) is 14.7. The van der Waals surface area contributed by atoms with Gasteiger partial charge in [0.25, 0.3) is 0 Å². The molecule has 0 saturated carbocycles. The van der Waals surface area contributed by atoms with Crippen LogP contribution >= 0.6 is 24.0 Å². The maximum Gasteiger partial charge on any atom is 0.191 e. The van der Waals surface area contributed by atoms with Crippen LogP contribution in [0.25, 0.3) is 0 Å². The van der Waals surface area contributed by atoms with Crippen LogP contribution in [-0.4, -0.2) is 75.6 Å². The summed E-state index contributed by atoms with van der Waals surface area (Å²) >= 11 is 0. The number of aryl methyl sites for hydroxylation is 1. The van der Waals surface area contributed by atoms with E-state index in [1.807, 2.05) is 6.92 Å². The van der Waals surface area contributed by atoms with Crippen LogP contribution in [0.4, 0.5) is 0 Å². The predicted octanol–water partition coefficient (Wildman–Crippen LogP) is 2.95. The summed E-state index contributed by atoms with van der Waals surface area (Å²) < 4.78 is 17.4. The molecule has 31 heavy (non-hydrogen) atoms. The first-order valence-electron chi connectivity index (χ1n) is 11.4. The number of hydrogen-bond donors (Lipinski definition) is 2. The van der Waals surface area contributed by atoms with Gasteiger partial charge in [-0.3, -0.25) is 4.90 Å². The van der Waals surface area contributed by atoms with E-state index >= 15 is 0 Å². The van der Waals surface area contributed by atoms with Crippen LogP contribution in [0.3, 0.4) is 0 Å². The van der Waals surface area contributed by atoms with Crippen LogP contribution in [0.1, 0.15) is 37.8 Å². The summed E-state index contributed by atoms with van der Waals surface area (Å²) in [6.45, 7) is 13.2. The van der Waals surface area contributed by atoms with Gasteiger partial charge in [0.15, 0.2) is 5.96 Å². The van der Waals surface area contributed by atoms with Gasteiger partial charge in [-0.15, -0.1) is 24.0 Å². The molecule has 176 valence electrons. The van der Waals surface area contributed by atoms with E-state index in [2.05, 4.69) is 47.6 Å². The van der Waals surface area contributed by atoms with Crippen molar-refractivity contribution < 1.29 is 14.2 Å². The van der Waals surface area contributed by atoms with Crippen LogP contribution in [0, 0.1) is 6.92 Å². The molecule has 2 aliphatic heterocycles. The Morgan fingerprint density at radius 3 is 2.94 bits per heavy atom. The van der Waals surface area contributed by atoms with Gasteiger partial charge in [-0.25, -0.2) is 4.99 Å². The molecule has 8 heteroatoms. The maximum absolute atomic E-state index is 6.06. The van der Waals surface area contributed by atoms with Crippen molar-refractivity contribution in [1.82, 2.24) is 15.5 Å². The molecule has 3 rings (SSSR count). The highest BCUT2D eigenvalue weighted by molar-refractivity contribution is 14.0. The molecule has 0 amide bonds. The topological polar surface area (TPSA) is 67.4 Å². The lowest BCUT2D eigenvalue weighted by molar-refractivity contribution is -0.0453. The Labute approximate surface area is 204 Å². The Kier molecular flexibility index (Phi) is 11.9. The molecule has 2 fully saturated rings. The van der Waals surface area contributed by atoms with Crippen molar-refractivity contribution in [2.75, 3.05) is 52.6 Å². The largest absolute Gasteiger partial charge is 0.491 e. The molecule has 0 radical (unpaired) electrons. The molecular weight excluding hydrogens is 507 g/mol. The van der Waals surface area contributed by atoms with Crippen molar-refractivity contribution in [3.05, 3.63) is 29.3 Å². The summed E-state index contributed by atoms with van der Waals surface area (Å²) in [5.74, 6) is 1.69. The van der Waals surface area contributed by atoms with E-state index in [1.165, 1.54) is 24.9 Å². The molecule has 2 aliphatic rings. The molecule has 1 aromatic carbocycles. The van der Waals surface area contributed by atoms with Crippen molar-refractivity contribution in [1.29, 1.82) is 0 Å². The number of guanidine groups is 1. The summed E-state index contributed by atoms with van der Waals surface area (Å²) in [6, 6.07) is 6.89. The van der Waals surface area contributed by atoms with Crippen LogP contribution < -0.4 is 15.4 Å². The fourth-order valence-electron chi connectivity index (χ4n) is 4.01. The minimum Gasteiger partial charge on any atom is -0.491 e. The minimum absolute atomic E-state index is 0. The highest BCUT2D eigenvalue weighted by Gasteiger charge is 2.32. The zero-order valence-electron chi connectivity index (χ0n) is 19.2. The molecule has 2 unspecified atom stereocenters. The van der Waals surface area contributed by atoms with Gasteiger partial charge in [0.2, 0.25) is 0 Å². The van der Waals surface area contributed by atoms with Gasteiger partial charge in [0, 0.05) is 37.8 Å². The third-order valence-corrected chi connectivity index (χ3v) is 5.62. The summed E-state index contributed by atoms with van der Waals surface area (Å²) in [5.41, 5.74) is 2.25. The fourth-order valence-corrected chi connectivity index (χ4v) is 4.01. The lowest BCUT2D eigenvalue weighted by Crippen LogP contribution is -2.51. The Balaban J connectivity index is 0.00000341. The molecule has 0 bridgehead atoms. The SMILES string of the molecule is CCNC(=NCc1ccc(C)cc1OCCOCC)NCC1CN2CCCC2CO1.I. The van der Waals surface area contributed by atoms with Gasteiger partial charge in [-0.2, -0.15) is 0 Å². The summed E-state index contributed by atoms with van der Waals surface area (Å²) in [6.07, 6.45) is 2.78. The van der Waals surface area contributed by atoms with Crippen molar-refractivity contribution in [3.63, 3.8) is 0 Å². The normalized spacial score (nSPS) is 21.3. The third kappa shape index (κ3) is 8.40. The molecule has 0 aliphatic carbocycles. The number of benzene rings is 1. The summed E-state index contributed by atoms with van der Waals surface area (Å²) in [4.78, 5) is 7.35. The standard InChI is InChI=1S/C23H38N4O3.HI/c1-4-24-23(26-15-21-16-27-10-6-7-20(27)17-30-21)25-14-19-9-8-18(3)13-22(19)29-12-11-28-5-2;/h8-9,13,20-21H,4-7,10-12,14-17H2,1-3H3,(H2,24,25,26);1H. The van der Waals surface area contributed by atoms with E-state index in [0.717, 1.165) is 43.5 Å². The first kappa shape index (κ1) is 26.2. The average molecular weight is 546 g/mol. The number of hydrogen-bond acceptors (Lipinski definition) is 5. The number of fused-ring (bicyclic) bond motifs is 1. The monoisotopic (exact) mass is 546 g/mol. The lowest BCUT2D eigenvalue weighted by atomic mass is 10.1. The van der Waals surface area contributed by atoms with Crippen molar-refractivity contribution in [2.24, 2.45) is 4.99 Å². The Morgan fingerprint density at radius 2 is 2.13 bits per heavy atom. The Hall–Kier alpha value is -1.10. The number of rotatable bonds is 10. The van der Waals surface area contributed by atoms with Crippen molar-refractivity contribution in [3.8, 4) is 5.75 Å². The van der Waals surface area contributed by atoms with Gasteiger partial charge in [0.1, 0.15) is 12.4 Å². The molecule has 1 aromatic rings. The predicted molar refractivity (Wildman–Crippen MR) is 136 cm³/mol. The van der Waals surface area contributed by atoms with E-state index in [9.17, 15) is 0 Å². The van der Waals surface area contributed by atoms with Crippen LogP contribution in [0.5, 0.6) is 5.75 Å². The van der Waals surface area contributed by atoms with Gasteiger partial charge in [-0.1, -0.05) is 12.1 Å². The number of halogens is 1. The second-order valence-corrected chi connectivity index (χ2v) is 7.98. The van der Waals surface area contributed by atoms with E-state index in [1.54, 1.807) is 0 Å². The highest BCUT2D eigenvalue weighted by Crippen LogP contribution is 2.23. The molecule has 7 nitrogen and oxygen atoms in total. The summed E-state index contributed by atoms with van der Waals surface area (Å²) in [5, 5.41) is 6.80. The molecule has 2 atom stereocenters. The van der Waals surface area contributed by atoms with Crippen molar-refractivity contribution in [2.45, 2.75) is 52.3 Å². The van der Waals surface area contributed by atoms with E-state index in [-0.39, 0.29) is 30.1 Å². The van der Waals surface area contributed by atoms with Gasteiger partial charge in [-0.05, 0) is 51.8 Å².